The molecule has 2 unspecified atom stereocenters. The van der Waals surface area contributed by atoms with Crippen LogP contribution in [0.3, 0.4) is 0 Å². The highest BCUT2D eigenvalue weighted by molar-refractivity contribution is 5.98. The van der Waals surface area contributed by atoms with Crippen molar-refractivity contribution in [3.8, 4) is 0 Å². The molecular formula is C24H24FNO4. The number of hydrogen-bond donors (Lipinski definition) is 0. The van der Waals surface area contributed by atoms with Gasteiger partial charge in [0.05, 0.1) is 6.08 Å². The van der Waals surface area contributed by atoms with Gasteiger partial charge in [-0.2, -0.15) is 0 Å². The highest BCUT2D eigenvalue weighted by Crippen LogP contribution is 2.47. The van der Waals surface area contributed by atoms with E-state index in [-0.39, 0.29) is 17.5 Å². The van der Waals surface area contributed by atoms with Gasteiger partial charge >= 0.3 is 5.97 Å². The lowest BCUT2D eigenvalue weighted by Gasteiger charge is -2.22. The summed E-state index contributed by atoms with van der Waals surface area (Å²) >= 11 is 0. The molecule has 1 amide bonds. The third-order valence-electron chi connectivity index (χ3n) is 5.35. The van der Waals surface area contributed by atoms with Gasteiger partial charge in [-0.25, -0.2) is 9.18 Å². The molecule has 1 heterocycles. The van der Waals surface area contributed by atoms with E-state index in [9.17, 15) is 14.0 Å². The molecule has 2 fully saturated rings. The van der Waals surface area contributed by atoms with Crippen molar-refractivity contribution in [1.29, 1.82) is 0 Å². The second kappa shape index (κ2) is 7.94. The molecule has 1 aliphatic heterocycles. The number of carbonyl (C=O) groups excluding carboxylic acids is 2. The van der Waals surface area contributed by atoms with Crippen molar-refractivity contribution in [2.24, 2.45) is 5.92 Å². The first-order chi connectivity index (χ1) is 14.3. The van der Waals surface area contributed by atoms with Crippen molar-refractivity contribution in [3.05, 3.63) is 83.4 Å². The number of benzene rings is 2. The monoisotopic (exact) mass is 409 g/mol. The minimum absolute atomic E-state index is 0.0930. The first kappa shape index (κ1) is 20.1. The molecule has 0 N–H and O–H groups in total. The second-order valence-corrected chi connectivity index (χ2v) is 8.26. The minimum Gasteiger partial charge on any atom is -0.445 e. The second-order valence-electron chi connectivity index (χ2n) is 8.26. The van der Waals surface area contributed by atoms with Crippen molar-refractivity contribution >= 4 is 11.9 Å². The van der Waals surface area contributed by atoms with E-state index in [1.807, 2.05) is 18.2 Å². The summed E-state index contributed by atoms with van der Waals surface area (Å²) in [5.41, 5.74) is 2.08. The van der Waals surface area contributed by atoms with Gasteiger partial charge in [0.2, 0.25) is 11.5 Å². The number of rotatable bonds is 6. The number of halogens is 1. The Morgan fingerprint density at radius 2 is 1.83 bits per heavy atom. The Morgan fingerprint density at radius 1 is 1.13 bits per heavy atom. The number of amides is 1. The van der Waals surface area contributed by atoms with Crippen molar-refractivity contribution in [3.63, 3.8) is 0 Å². The molecule has 2 aromatic carbocycles. The fraction of sp³-hybridized carbons (Fsp3) is 0.333. The maximum atomic E-state index is 13.3. The Kier molecular flexibility index (Phi) is 5.33. The number of carbonyl (C=O) groups is 2. The average molecular weight is 409 g/mol. The number of hydrogen-bond acceptors (Lipinski definition) is 4. The summed E-state index contributed by atoms with van der Waals surface area (Å²) in [4.78, 5) is 26.7. The molecule has 30 heavy (non-hydrogen) atoms. The average Bonchev–Trinajstić information content (AvgIpc) is 3.42. The van der Waals surface area contributed by atoms with Gasteiger partial charge in [-0.05, 0) is 41.5 Å². The number of cyclic esters (lactones) is 1. The van der Waals surface area contributed by atoms with Crippen LogP contribution in [0.2, 0.25) is 0 Å². The van der Waals surface area contributed by atoms with Gasteiger partial charge in [0.25, 0.3) is 5.91 Å². The topological polar surface area (TPSA) is 55.8 Å². The minimum atomic E-state index is -1.08. The zero-order valence-electron chi connectivity index (χ0n) is 17.0. The fourth-order valence-electron chi connectivity index (χ4n) is 3.78. The molecule has 0 radical (unpaired) electrons. The maximum absolute atomic E-state index is 13.3. The Balaban J connectivity index is 1.51. The Morgan fingerprint density at radius 3 is 2.47 bits per heavy atom. The van der Waals surface area contributed by atoms with E-state index in [2.05, 4.69) is 12.1 Å². The van der Waals surface area contributed by atoms with Crippen LogP contribution in [-0.2, 0) is 25.6 Å². The highest BCUT2D eigenvalue weighted by Gasteiger charge is 2.41. The molecule has 6 heteroatoms. The van der Waals surface area contributed by atoms with Crippen LogP contribution in [-0.4, -0.2) is 29.1 Å². The van der Waals surface area contributed by atoms with Crippen molar-refractivity contribution in [2.75, 3.05) is 6.54 Å². The van der Waals surface area contributed by atoms with Crippen molar-refractivity contribution in [2.45, 2.75) is 38.5 Å². The molecule has 156 valence electrons. The van der Waals surface area contributed by atoms with E-state index >= 15 is 0 Å². The first-order valence-electron chi connectivity index (χ1n) is 10.0. The summed E-state index contributed by atoms with van der Waals surface area (Å²) in [7, 11) is 0. The molecule has 0 spiro atoms. The van der Waals surface area contributed by atoms with Gasteiger partial charge in [-0.1, -0.05) is 42.5 Å². The van der Waals surface area contributed by atoms with Crippen LogP contribution in [0.5, 0.6) is 0 Å². The molecular weight excluding hydrogens is 385 g/mol. The molecule has 2 aromatic rings. The molecule has 5 nitrogen and oxygen atoms in total. The van der Waals surface area contributed by atoms with E-state index in [0.717, 1.165) is 12.0 Å². The standard InChI is InChI=1S/C24H24FNO4/c1-24(2)29-21(23(28)30-24)13-22(27)26(14-16-8-10-19(25)11-9-16)15-18-12-20(18)17-6-4-3-5-7-17/h3-11,13,18,20H,12,14-15H2,1-2H3. The third kappa shape index (κ3) is 4.70. The summed E-state index contributed by atoms with van der Waals surface area (Å²) in [6, 6.07) is 16.3. The lowest BCUT2D eigenvalue weighted by molar-refractivity contribution is -0.159. The number of esters is 1. The lowest BCUT2D eigenvalue weighted by Crippen LogP contribution is -2.32. The quantitative estimate of drug-likeness (QED) is 0.531. The van der Waals surface area contributed by atoms with Crippen LogP contribution in [0.15, 0.2) is 66.4 Å². The lowest BCUT2D eigenvalue weighted by atomic mass is 10.1. The number of ether oxygens (including phenoxy) is 2. The van der Waals surface area contributed by atoms with E-state index in [1.54, 1.807) is 30.9 Å². The predicted octanol–water partition coefficient (Wildman–Crippen LogP) is 4.15. The van der Waals surface area contributed by atoms with Gasteiger partial charge in [0.15, 0.2) is 0 Å². The van der Waals surface area contributed by atoms with Crippen LogP contribution in [0.25, 0.3) is 0 Å². The molecule has 2 aliphatic rings. The summed E-state index contributed by atoms with van der Waals surface area (Å²) in [6.45, 7) is 4.08. The highest BCUT2D eigenvalue weighted by atomic mass is 19.1. The van der Waals surface area contributed by atoms with E-state index < -0.39 is 11.8 Å². The summed E-state index contributed by atoms with van der Waals surface area (Å²) < 4.78 is 23.8. The van der Waals surface area contributed by atoms with Crippen LogP contribution < -0.4 is 0 Å². The predicted molar refractivity (Wildman–Crippen MR) is 108 cm³/mol. The summed E-state index contributed by atoms with van der Waals surface area (Å²) in [6.07, 6.45) is 2.19. The van der Waals surface area contributed by atoms with Gasteiger partial charge < -0.3 is 14.4 Å². The van der Waals surface area contributed by atoms with Crippen molar-refractivity contribution < 1.29 is 23.5 Å². The summed E-state index contributed by atoms with van der Waals surface area (Å²) in [5, 5.41) is 0. The Hall–Kier alpha value is -3.15. The van der Waals surface area contributed by atoms with Crippen LogP contribution in [0.4, 0.5) is 4.39 Å². The smallest absolute Gasteiger partial charge is 0.377 e. The van der Waals surface area contributed by atoms with Gasteiger partial charge in [0, 0.05) is 26.9 Å². The normalized spacial score (nSPS) is 23.0. The SMILES string of the molecule is CC1(C)OC(=O)C(=CC(=O)N(Cc2ccc(F)cc2)CC2CC2c2ccccc2)O1. The Bertz CT molecular complexity index is 968. The van der Waals surface area contributed by atoms with Crippen LogP contribution in [0.1, 0.15) is 37.3 Å². The van der Waals surface area contributed by atoms with E-state index in [1.165, 1.54) is 23.8 Å². The molecule has 2 atom stereocenters. The molecule has 4 rings (SSSR count). The maximum Gasteiger partial charge on any atom is 0.377 e. The zero-order valence-corrected chi connectivity index (χ0v) is 17.0. The Labute approximate surface area is 175 Å². The molecule has 0 aromatic heterocycles. The third-order valence-corrected chi connectivity index (χ3v) is 5.35. The fourth-order valence-corrected chi connectivity index (χ4v) is 3.78. The van der Waals surface area contributed by atoms with Gasteiger partial charge in [-0.15, -0.1) is 0 Å². The molecule has 1 saturated heterocycles. The van der Waals surface area contributed by atoms with Crippen LogP contribution >= 0.6 is 0 Å². The number of nitrogens with zero attached hydrogens (tertiary/aromatic N) is 1. The largest absolute Gasteiger partial charge is 0.445 e. The molecule has 1 saturated carbocycles. The van der Waals surface area contributed by atoms with Gasteiger partial charge in [-0.3, -0.25) is 4.79 Å². The van der Waals surface area contributed by atoms with Crippen molar-refractivity contribution in [1.82, 2.24) is 4.90 Å². The summed E-state index contributed by atoms with van der Waals surface area (Å²) in [5.74, 6) is -1.73. The van der Waals surface area contributed by atoms with E-state index in [0.29, 0.717) is 24.9 Å². The molecule has 0 bridgehead atoms. The van der Waals surface area contributed by atoms with Gasteiger partial charge in [0.1, 0.15) is 5.82 Å². The zero-order chi connectivity index (χ0) is 21.3. The molecule has 1 aliphatic carbocycles. The van der Waals surface area contributed by atoms with E-state index in [4.69, 9.17) is 9.47 Å². The first-order valence-corrected chi connectivity index (χ1v) is 10.0. The van der Waals surface area contributed by atoms with Crippen LogP contribution in [0, 0.1) is 11.7 Å².